The predicted molar refractivity (Wildman–Crippen MR) is 93.6 cm³/mol. The minimum absolute atomic E-state index is 0.0247. The van der Waals surface area contributed by atoms with Crippen molar-refractivity contribution in [1.29, 1.82) is 0 Å². The molecule has 25 heavy (non-hydrogen) atoms. The van der Waals surface area contributed by atoms with Crippen molar-refractivity contribution in [2.75, 3.05) is 20.2 Å². The van der Waals surface area contributed by atoms with Crippen LogP contribution in [0.4, 0.5) is 0 Å². The van der Waals surface area contributed by atoms with Crippen LogP contribution in [0.25, 0.3) is 0 Å². The number of hydrogen-bond acceptors (Lipinski definition) is 5. The van der Waals surface area contributed by atoms with Crippen LogP contribution in [0, 0.1) is 11.8 Å². The van der Waals surface area contributed by atoms with Crippen molar-refractivity contribution < 1.29 is 14.3 Å². The SMILES string of the molecule is COc1ccc(CNC(=O)C2CN(C(C)C)CC3C(=O)NNC23)cc1. The molecule has 0 aliphatic carbocycles. The van der Waals surface area contributed by atoms with Crippen LogP contribution in [0.2, 0.25) is 0 Å². The molecule has 2 amide bonds. The summed E-state index contributed by atoms with van der Waals surface area (Å²) in [7, 11) is 1.63. The Morgan fingerprint density at radius 3 is 2.68 bits per heavy atom. The van der Waals surface area contributed by atoms with Gasteiger partial charge in [-0.05, 0) is 31.5 Å². The van der Waals surface area contributed by atoms with Crippen molar-refractivity contribution in [3.63, 3.8) is 0 Å². The number of fused-ring (bicyclic) bond motifs is 1. The molecule has 3 atom stereocenters. The van der Waals surface area contributed by atoms with Crippen LogP contribution < -0.4 is 20.9 Å². The Morgan fingerprint density at radius 1 is 1.32 bits per heavy atom. The molecule has 1 aromatic rings. The third kappa shape index (κ3) is 3.77. The third-order valence-electron chi connectivity index (χ3n) is 5.12. The number of nitrogens with one attached hydrogen (secondary N) is 3. The molecule has 0 bridgehead atoms. The van der Waals surface area contributed by atoms with E-state index >= 15 is 0 Å². The van der Waals surface area contributed by atoms with E-state index in [1.807, 2.05) is 24.3 Å². The van der Waals surface area contributed by atoms with Crippen LogP contribution in [0.5, 0.6) is 5.75 Å². The van der Waals surface area contributed by atoms with Gasteiger partial charge in [-0.15, -0.1) is 0 Å². The van der Waals surface area contributed by atoms with Gasteiger partial charge in [0.25, 0.3) is 0 Å². The first-order valence-electron chi connectivity index (χ1n) is 8.69. The average molecular weight is 346 g/mol. The zero-order valence-electron chi connectivity index (χ0n) is 14.9. The Hall–Kier alpha value is -2.12. The van der Waals surface area contributed by atoms with Crippen LogP contribution in [0.3, 0.4) is 0 Å². The Kier molecular flexibility index (Phi) is 5.24. The minimum atomic E-state index is -0.265. The summed E-state index contributed by atoms with van der Waals surface area (Å²) in [6.07, 6.45) is 0. The van der Waals surface area contributed by atoms with Gasteiger partial charge in [0.2, 0.25) is 11.8 Å². The molecule has 2 fully saturated rings. The highest BCUT2D eigenvalue weighted by molar-refractivity contribution is 5.86. The molecule has 7 nitrogen and oxygen atoms in total. The lowest BCUT2D eigenvalue weighted by Gasteiger charge is -2.40. The summed E-state index contributed by atoms with van der Waals surface area (Å²) in [5.41, 5.74) is 6.70. The average Bonchev–Trinajstić information content (AvgIpc) is 3.00. The maximum Gasteiger partial charge on any atom is 0.240 e. The molecule has 136 valence electrons. The first-order chi connectivity index (χ1) is 12.0. The number of hydrazine groups is 1. The van der Waals surface area contributed by atoms with Crippen molar-refractivity contribution in [2.45, 2.75) is 32.5 Å². The molecule has 0 radical (unpaired) electrons. The lowest BCUT2D eigenvalue weighted by atomic mass is 9.83. The topological polar surface area (TPSA) is 82.7 Å². The molecule has 0 saturated carbocycles. The van der Waals surface area contributed by atoms with Gasteiger partial charge in [-0.1, -0.05) is 12.1 Å². The van der Waals surface area contributed by atoms with Gasteiger partial charge >= 0.3 is 0 Å². The van der Waals surface area contributed by atoms with Crippen molar-refractivity contribution in [3.8, 4) is 5.75 Å². The van der Waals surface area contributed by atoms with Gasteiger partial charge in [0.15, 0.2) is 0 Å². The number of benzene rings is 1. The van der Waals surface area contributed by atoms with E-state index in [9.17, 15) is 9.59 Å². The zero-order chi connectivity index (χ0) is 18.0. The molecular weight excluding hydrogens is 320 g/mol. The molecule has 7 heteroatoms. The summed E-state index contributed by atoms with van der Waals surface area (Å²) in [5.74, 6) is 0.284. The van der Waals surface area contributed by atoms with Crippen molar-refractivity contribution in [2.24, 2.45) is 11.8 Å². The van der Waals surface area contributed by atoms with Gasteiger partial charge in [0.05, 0.1) is 25.0 Å². The van der Waals surface area contributed by atoms with Crippen LogP contribution in [-0.4, -0.2) is 49.0 Å². The molecule has 3 N–H and O–H groups in total. The smallest absolute Gasteiger partial charge is 0.240 e. The fourth-order valence-corrected chi connectivity index (χ4v) is 3.51. The van der Waals surface area contributed by atoms with Crippen molar-refractivity contribution in [1.82, 2.24) is 21.1 Å². The van der Waals surface area contributed by atoms with Gasteiger partial charge in [-0.2, -0.15) is 0 Å². The maximum absolute atomic E-state index is 12.8. The Bertz CT molecular complexity index is 632. The molecule has 1 aromatic carbocycles. The molecule has 0 aromatic heterocycles. The van der Waals surface area contributed by atoms with Crippen LogP contribution in [0.1, 0.15) is 19.4 Å². The number of rotatable bonds is 5. The van der Waals surface area contributed by atoms with Gasteiger partial charge in [0, 0.05) is 25.7 Å². The standard InChI is InChI=1S/C18H26N4O3/c1-11(2)22-9-14(16-15(10-22)18(24)21-20-16)17(23)19-8-12-4-6-13(25-3)7-5-12/h4-7,11,14-16,20H,8-10H2,1-3H3,(H,19,23)(H,21,24). The van der Waals surface area contributed by atoms with Gasteiger partial charge < -0.3 is 10.1 Å². The fraction of sp³-hybridized carbons (Fsp3) is 0.556. The number of amides is 2. The van der Waals surface area contributed by atoms with E-state index in [2.05, 4.69) is 34.9 Å². The quantitative estimate of drug-likeness (QED) is 0.713. The summed E-state index contributed by atoms with van der Waals surface area (Å²) in [5, 5.41) is 3.01. The van der Waals surface area contributed by atoms with E-state index in [1.165, 1.54) is 0 Å². The first kappa shape index (κ1) is 17.7. The number of methoxy groups -OCH3 is 1. The highest BCUT2D eigenvalue weighted by atomic mass is 16.5. The largest absolute Gasteiger partial charge is 0.497 e. The Labute approximate surface area is 148 Å². The number of hydrogen-bond donors (Lipinski definition) is 3. The molecule has 2 aliphatic rings. The summed E-state index contributed by atoms with van der Waals surface area (Å²) in [6, 6.07) is 7.76. The second kappa shape index (κ2) is 7.41. The number of carbonyl (C=O) groups excluding carboxylic acids is 2. The number of ether oxygens (including phenoxy) is 1. The monoisotopic (exact) mass is 346 g/mol. The number of piperidine rings is 1. The molecule has 2 aliphatic heterocycles. The van der Waals surface area contributed by atoms with E-state index in [-0.39, 0.29) is 29.7 Å². The number of likely N-dealkylation sites (tertiary alicyclic amines) is 1. The summed E-state index contributed by atoms with van der Waals surface area (Å²) in [4.78, 5) is 27.0. The first-order valence-corrected chi connectivity index (χ1v) is 8.69. The van der Waals surface area contributed by atoms with Crippen molar-refractivity contribution >= 4 is 11.8 Å². The predicted octanol–water partition coefficient (Wildman–Crippen LogP) is 0.271. The minimum Gasteiger partial charge on any atom is -0.497 e. The highest BCUT2D eigenvalue weighted by Gasteiger charge is 2.47. The second-order valence-corrected chi connectivity index (χ2v) is 6.99. The summed E-state index contributed by atoms with van der Waals surface area (Å²) >= 11 is 0. The summed E-state index contributed by atoms with van der Waals surface area (Å²) < 4.78 is 5.14. The van der Waals surface area contributed by atoms with E-state index in [0.29, 0.717) is 25.7 Å². The van der Waals surface area contributed by atoms with E-state index in [1.54, 1.807) is 7.11 Å². The molecule has 3 unspecified atom stereocenters. The van der Waals surface area contributed by atoms with Crippen LogP contribution in [-0.2, 0) is 16.1 Å². The maximum atomic E-state index is 12.8. The third-order valence-corrected chi connectivity index (χ3v) is 5.12. The molecule has 3 rings (SSSR count). The Balaban J connectivity index is 1.65. The van der Waals surface area contributed by atoms with Gasteiger partial charge in [-0.25, -0.2) is 5.43 Å². The lowest BCUT2D eigenvalue weighted by Crippen LogP contribution is -2.58. The zero-order valence-corrected chi connectivity index (χ0v) is 14.9. The second-order valence-electron chi connectivity index (χ2n) is 6.99. The molecule has 2 heterocycles. The number of nitrogens with zero attached hydrogens (tertiary/aromatic N) is 1. The van der Waals surface area contributed by atoms with Gasteiger partial charge in [-0.3, -0.25) is 19.9 Å². The van der Waals surface area contributed by atoms with E-state index in [0.717, 1.165) is 11.3 Å². The van der Waals surface area contributed by atoms with E-state index < -0.39 is 0 Å². The van der Waals surface area contributed by atoms with Crippen LogP contribution in [0.15, 0.2) is 24.3 Å². The van der Waals surface area contributed by atoms with Gasteiger partial charge in [0.1, 0.15) is 5.75 Å². The molecular formula is C18H26N4O3. The number of carbonyl (C=O) groups is 2. The molecule has 2 saturated heterocycles. The Morgan fingerprint density at radius 2 is 2.04 bits per heavy atom. The summed E-state index contributed by atoms with van der Waals surface area (Å²) in [6.45, 7) is 5.97. The van der Waals surface area contributed by atoms with Crippen LogP contribution >= 0.6 is 0 Å². The highest BCUT2D eigenvalue weighted by Crippen LogP contribution is 2.27. The normalized spacial score (nSPS) is 26.2. The van der Waals surface area contributed by atoms with E-state index in [4.69, 9.17) is 4.74 Å². The lowest BCUT2D eigenvalue weighted by molar-refractivity contribution is -0.130. The van der Waals surface area contributed by atoms with Crippen molar-refractivity contribution in [3.05, 3.63) is 29.8 Å². The fourth-order valence-electron chi connectivity index (χ4n) is 3.51. The molecule has 0 spiro atoms.